The topological polar surface area (TPSA) is 68.0 Å². The summed E-state index contributed by atoms with van der Waals surface area (Å²) in [6.07, 6.45) is 2.33. The quantitative estimate of drug-likeness (QED) is 0.841. The van der Waals surface area contributed by atoms with Crippen LogP contribution in [0.3, 0.4) is 0 Å². The first-order valence-corrected chi connectivity index (χ1v) is 7.58. The van der Waals surface area contributed by atoms with E-state index in [1.807, 2.05) is 0 Å². The van der Waals surface area contributed by atoms with E-state index in [0.717, 1.165) is 11.0 Å². The first-order chi connectivity index (χ1) is 8.80. The average molecular weight is 283 g/mol. The van der Waals surface area contributed by atoms with Gasteiger partial charge >= 0.3 is 5.97 Å². The highest BCUT2D eigenvalue weighted by molar-refractivity contribution is 7.99. The molecule has 1 aromatic heterocycles. The van der Waals surface area contributed by atoms with Gasteiger partial charge in [-0.3, -0.25) is 4.79 Å². The molecule has 0 aliphatic heterocycles. The van der Waals surface area contributed by atoms with Crippen LogP contribution < -0.4 is 0 Å². The maximum absolute atomic E-state index is 10.7. The van der Waals surface area contributed by atoms with Gasteiger partial charge in [-0.2, -0.15) is 0 Å². The van der Waals surface area contributed by atoms with Gasteiger partial charge < -0.3 is 9.67 Å². The molecular weight excluding hydrogens is 262 g/mol. The molecule has 1 fully saturated rings. The lowest BCUT2D eigenvalue weighted by molar-refractivity contribution is -0.133. The van der Waals surface area contributed by atoms with Crippen LogP contribution in [-0.4, -0.2) is 31.6 Å². The van der Waals surface area contributed by atoms with Crippen molar-refractivity contribution in [3.8, 4) is 0 Å². The van der Waals surface area contributed by atoms with Crippen LogP contribution in [0.5, 0.6) is 0 Å². The summed E-state index contributed by atoms with van der Waals surface area (Å²) in [5.74, 6) is 0.738. The van der Waals surface area contributed by atoms with E-state index in [2.05, 4.69) is 42.5 Å². The fraction of sp³-hybridized carbons (Fsp3) is 0.769. The highest BCUT2D eigenvalue weighted by atomic mass is 32.2. The monoisotopic (exact) mass is 283 g/mol. The Morgan fingerprint density at radius 3 is 2.58 bits per heavy atom. The summed E-state index contributed by atoms with van der Waals surface area (Å²) in [7, 11) is 0. The van der Waals surface area contributed by atoms with E-state index in [4.69, 9.17) is 5.11 Å². The first-order valence-electron chi connectivity index (χ1n) is 6.60. The lowest BCUT2D eigenvalue weighted by Gasteiger charge is -2.30. The standard InChI is InChI=1S/C13H21N3O2S/c1-8(13(2,3)4)16-11(9-5-6-9)14-15-12(16)19-7-10(17)18/h8-9H,5-7H2,1-4H3,(H,17,18). The molecule has 1 atom stereocenters. The second-order valence-corrected chi connectivity index (χ2v) is 7.15. The number of rotatable bonds is 5. The largest absolute Gasteiger partial charge is 0.481 e. The van der Waals surface area contributed by atoms with Gasteiger partial charge in [0.05, 0.1) is 5.75 Å². The summed E-state index contributed by atoms with van der Waals surface area (Å²) in [5, 5.41) is 18.0. The highest BCUT2D eigenvalue weighted by Crippen LogP contribution is 2.43. The Balaban J connectivity index is 2.30. The van der Waals surface area contributed by atoms with Gasteiger partial charge in [0, 0.05) is 12.0 Å². The summed E-state index contributed by atoms with van der Waals surface area (Å²) in [6, 6.07) is 0.245. The number of carboxylic acid groups (broad SMARTS) is 1. The molecule has 0 aromatic carbocycles. The van der Waals surface area contributed by atoms with Crippen LogP contribution in [-0.2, 0) is 4.79 Å². The van der Waals surface area contributed by atoms with Crippen molar-refractivity contribution < 1.29 is 9.90 Å². The number of thioether (sulfide) groups is 1. The lowest BCUT2D eigenvalue weighted by Crippen LogP contribution is -2.24. The molecule has 19 heavy (non-hydrogen) atoms. The van der Waals surface area contributed by atoms with Crippen molar-refractivity contribution in [3.05, 3.63) is 5.82 Å². The summed E-state index contributed by atoms with van der Waals surface area (Å²) in [5.41, 5.74) is 0.0879. The van der Waals surface area contributed by atoms with Crippen molar-refractivity contribution in [1.82, 2.24) is 14.8 Å². The van der Waals surface area contributed by atoms with Gasteiger partial charge in [-0.15, -0.1) is 10.2 Å². The third-order valence-electron chi connectivity index (χ3n) is 3.60. The van der Waals surface area contributed by atoms with E-state index >= 15 is 0 Å². The molecule has 0 amide bonds. The second kappa shape index (κ2) is 5.15. The Labute approximate surface area is 117 Å². The van der Waals surface area contributed by atoms with Crippen molar-refractivity contribution >= 4 is 17.7 Å². The molecule has 1 unspecified atom stereocenters. The van der Waals surface area contributed by atoms with Gasteiger partial charge in [0.2, 0.25) is 0 Å². The number of aliphatic carboxylic acids is 1. The van der Waals surface area contributed by atoms with Gasteiger partial charge in [0.1, 0.15) is 5.82 Å². The fourth-order valence-electron chi connectivity index (χ4n) is 1.88. The van der Waals surface area contributed by atoms with Crippen LogP contribution >= 0.6 is 11.8 Å². The van der Waals surface area contributed by atoms with Gasteiger partial charge in [0.15, 0.2) is 5.16 Å². The molecule has 0 spiro atoms. The Morgan fingerprint density at radius 2 is 2.11 bits per heavy atom. The zero-order chi connectivity index (χ0) is 14.2. The minimum Gasteiger partial charge on any atom is -0.481 e. The smallest absolute Gasteiger partial charge is 0.313 e. The molecule has 6 heteroatoms. The van der Waals surface area contributed by atoms with Crippen LogP contribution in [0.1, 0.15) is 58.3 Å². The van der Waals surface area contributed by atoms with E-state index in [-0.39, 0.29) is 17.2 Å². The van der Waals surface area contributed by atoms with E-state index in [0.29, 0.717) is 5.92 Å². The van der Waals surface area contributed by atoms with E-state index in [1.54, 1.807) is 0 Å². The van der Waals surface area contributed by atoms with Crippen molar-refractivity contribution in [2.24, 2.45) is 5.41 Å². The second-order valence-electron chi connectivity index (χ2n) is 6.21. The fourth-order valence-corrected chi connectivity index (χ4v) is 2.63. The summed E-state index contributed by atoms with van der Waals surface area (Å²) >= 11 is 1.26. The number of hydrogen-bond acceptors (Lipinski definition) is 4. The molecule has 1 heterocycles. The lowest BCUT2D eigenvalue weighted by atomic mass is 9.88. The van der Waals surface area contributed by atoms with Crippen LogP contribution in [0.4, 0.5) is 0 Å². The number of aromatic nitrogens is 3. The third-order valence-corrected chi connectivity index (χ3v) is 4.53. The molecule has 0 saturated heterocycles. The third kappa shape index (κ3) is 3.29. The number of hydrogen-bond donors (Lipinski definition) is 1. The minimum atomic E-state index is -0.823. The SMILES string of the molecule is CC(n1c(SCC(=O)O)nnc1C1CC1)C(C)(C)C. The van der Waals surface area contributed by atoms with Crippen LogP contribution in [0, 0.1) is 5.41 Å². The first kappa shape index (κ1) is 14.4. The molecule has 1 aliphatic carbocycles. The summed E-state index contributed by atoms with van der Waals surface area (Å²) in [4.78, 5) is 10.7. The van der Waals surface area contributed by atoms with E-state index in [1.165, 1.54) is 24.6 Å². The van der Waals surface area contributed by atoms with Gasteiger partial charge in [-0.05, 0) is 25.2 Å². The van der Waals surface area contributed by atoms with E-state index < -0.39 is 5.97 Å². The molecule has 1 N–H and O–H groups in total. The van der Waals surface area contributed by atoms with Crippen LogP contribution in [0.25, 0.3) is 0 Å². The zero-order valence-electron chi connectivity index (χ0n) is 11.9. The summed E-state index contributed by atoms with van der Waals surface area (Å²) in [6.45, 7) is 8.69. The molecule has 1 aromatic rings. The Hall–Kier alpha value is -1.04. The predicted octanol–water partition coefficient (Wildman–Crippen LogP) is 2.94. The highest BCUT2D eigenvalue weighted by Gasteiger charge is 2.34. The molecule has 0 bridgehead atoms. The maximum atomic E-state index is 10.7. The van der Waals surface area contributed by atoms with Gasteiger partial charge in [0.25, 0.3) is 0 Å². The Bertz CT molecular complexity index is 475. The molecule has 0 radical (unpaired) electrons. The Morgan fingerprint density at radius 1 is 1.47 bits per heavy atom. The van der Waals surface area contributed by atoms with Crippen molar-refractivity contribution in [3.63, 3.8) is 0 Å². The van der Waals surface area contributed by atoms with E-state index in [9.17, 15) is 4.79 Å². The predicted molar refractivity (Wildman–Crippen MR) is 74.5 cm³/mol. The minimum absolute atomic E-state index is 0.0274. The molecule has 1 saturated carbocycles. The Kier molecular flexibility index (Phi) is 3.90. The van der Waals surface area contributed by atoms with Crippen molar-refractivity contribution in [2.45, 2.75) is 57.7 Å². The molecular formula is C13H21N3O2S. The number of nitrogens with zero attached hydrogens (tertiary/aromatic N) is 3. The van der Waals surface area contributed by atoms with Crippen molar-refractivity contribution in [1.29, 1.82) is 0 Å². The number of carboxylic acids is 1. The van der Waals surface area contributed by atoms with Gasteiger partial charge in [-0.25, -0.2) is 0 Å². The molecule has 106 valence electrons. The zero-order valence-corrected chi connectivity index (χ0v) is 12.7. The van der Waals surface area contributed by atoms with Crippen LogP contribution in [0.15, 0.2) is 5.16 Å². The van der Waals surface area contributed by atoms with Crippen LogP contribution in [0.2, 0.25) is 0 Å². The molecule has 2 rings (SSSR count). The molecule has 1 aliphatic rings. The van der Waals surface area contributed by atoms with Gasteiger partial charge in [-0.1, -0.05) is 32.5 Å². The molecule has 5 nitrogen and oxygen atoms in total. The number of carbonyl (C=O) groups is 1. The average Bonchev–Trinajstić information content (AvgIpc) is 3.05. The maximum Gasteiger partial charge on any atom is 0.313 e. The normalized spacial score (nSPS) is 17.5. The summed E-state index contributed by atoms with van der Waals surface area (Å²) < 4.78 is 2.14. The van der Waals surface area contributed by atoms with Crippen molar-refractivity contribution in [2.75, 3.05) is 5.75 Å².